The van der Waals surface area contributed by atoms with Gasteiger partial charge in [0.15, 0.2) is 0 Å². The molecule has 0 aromatic heterocycles. The molecule has 0 aliphatic rings. The lowest BCUT2D eigenvalue weighted by molar-refractivity contribution is -0.131. The highest BCUT2D eigenvalue weighted by molar-refractivity contribution is 5.79. The molecule has 0 radical (unpaired) electrons. The Morgan fingerprint density at radius 2 is 1.59 bits per heavy atom. The standard InChI is InChI=1S/C22H37N3O2/c1-6-15-25(16-7-2)22(27)10-8-9-21(26)23-17-20(24(4)5)19-13-11-18(3)12-14-19/h11-14,20H,6-10,15-17H2,1-5H3,(H,23,26). The number of hydrogen-bond donors (Lipinski definition) is 1. The Bertz CT molecular complexity index is 563. The minimum absolute atomic E-state index is 0.0132. The van der Waals surface area contributed by atoms with E-state index in [0.29, 0.717) is 25.8 Å². The lowest BCUT2D eigenvalue weighted by Crippen LogP contribution is -2.35. The zero-order valence-corrected chi connectivity index (χ0v) is 17.8. The van der Waals surface area contributed by atoms with Crippen LogP contribution in [-0.2, 0) is 9.59 Å². The third kappa shape index (κ3) is 8.57. The summed E-state index contributed by atoms with van der Waals surface area (Å²) in [4.78, 5) is 28.5. The Kier molecular flexibility index (Phi) is 10.7. The summed E-state index contributed by atoms with van der Waals surface area (Å²) in [5.41, 5.74) is 2.42. The minimum atomic E-state index is 0.0132. The van der Waals surface area contributed by atoms with Gasteiger partial charge in [0, 0.05) is 32.5 Å². The Morgan fingerprint density at radius 1 is 1.00 bits per heavy atom. The molecule has 0 aliphatic heterocycles. The molecule has 27 heavy (non-hydrogen) atoms. The normalized spacial score (nSPS) is 12.1. The second-order valence-electron chi connectivity index (χ2n) is 7.43. The molecule has 5 nitrogen and oxygen atoms in total. The van der Waals surface area contributed by atoms with Crippen LogP contribution in [0.25, 0.3) is 0 Å². The fourth-order valence-corrected chi connectivity index (χ4v) is 3.15. The van der Waals surface area contributed by atoms with Crippen LogP contribution in [0.5, 0.6) is 0 Å². The van der Waals surface area contributed by atoms with Crippen molar-refractivity contribution in [2.45, 2.75) is 58.9 Å². The predicted molar refractivity (Wildman–Crippen MR) is 112 cm³/mol. The fraction of sp³-hybridized carbons (Fsp3) is 0.636. The summed E-state index contributed by atoms with van der Waals surface area (Å²) in [6.45, 7) is 8.41. The number of aryl methyl sites for hydroxylation is 1. The lowest BCUT2D eigenvalue weighted by Gasteiger charge is -2.25. The van der Waals surface area contributed by atoms with Crippen LogP contribution >= 0.6 is 0 Å². The topological polar surface area (TPSA) is 52.7 Å². The molecule has 0 heterocycles. The number of carbonyl (C=O) groups excluding carboxylic acids is 2. The van der Waals surface area contributed by atoms with Gasteiger partial charge in [-0.3, -0.25) is 9.59 Å². The van der Waals surface area contributed by atoms with Gasteiger partial charge in [-0.2, -0.15) is 0 Å². The lowest BCUT2D eigenvalue weighted by atomic mass is 10.0. The summed E-state index contributed by atoms with van der Waals surface area (Å²) in [7, 11) is 4.04. The fourth-order valence-electron chi connectivity index (χ4n) is 3.15. The summed E-state index contributed by atoms with van der Waals surface area (Å²) in [6, 6.07) is 8.55. The summed E-state index contributed by atoms with van der Waals surface area (Å²) in [5, 5.41) is 3.02. The molecule has 1 aromatic carbocycles. The quantitative estimate of drug-likeness (QED) is 0.608. The van der Waals surface area contributed by atoms with Gasteiger partial charge in [0.05, 0.1) is 6.04 Å². The van der Waals surface area contributed by atoms with Crippen LogP contribution < -0.4 is 5.32 Å². The van der Waals surface area contributed by atoms with Gasteiger partial charge >= 0.3 is 0 Å². The number of likely N-dealkylation sites (N-methyl/N-ethyl adjacent to an activating group) is 1. The second kappa shape index (κ2) is 12.5. The van der Waals surface area contributed by atoms with Gasteiger partial charge in [-0.05, 0) is 45.8 Å². The monoisotopic (exact) mass is 375 g/mol. The minimum Gasteiger partial charge on any atom is -0.354 e. The van der Waals surface area contributed by atoms with Crippen molar-refractivity contribution in [2.24, 2.45) is 0 Å². The molecule has 5 heteroatoms. The van der Waals surface area contributed by atoms with Gasteiger partial charge in [-0.15, -0.1) is 0 Å². The first-order valence-electron chi connectivity index (χ1n) is 10.2. The molecule has 0 aliphatic carbocycles. The Labute approximate surface area is 165 Å². The van der Waals surface area contributed by atoms with Crippen LogP contribution in [0.4, 0.5) is 0 Å². The van der Waals surface area contributed by atoms with Crippen molar-refractivity contribution in [1.29, 1.82) is 0 Å². The van der Waals surface area contributed by atoms with Crippen LogP contribution in [0.2, 0.25) is 0 Å². The molecule has 0 fully saturated rings. The molecule has 1 unspecified atom stereocenters. The first kappa shape index (κ1) is 23.2. The number of amides is 2. The van der Waals surface area contributed by atoms with Gasteiger partial charge in [0.25, 0.3) is 0 Å². The molecule has 1 N–H and O–H groups in total. The van der Waals surface area contributed by atoms with Crippen LogP contribution in [0.15, 0.2) is 24.3 Å². The number of benzene rings is 1. The number of carbonyl (C=O) groups is 2. The van der Waals surface area contributed by atoms with Crippen molar-refractivity contribution < 1.29 is 9.59 Å². The summed E-state index contributed by atoms with van der Waals surface area (Å²) in [6.07, 6.45) is 3.38. The molecule has 0 bridgehead atoms. The third-order valence-electron chi connectivity index (χ3n) is 4.71. The van der Waals surface area contributed by atoms with Gasteiger partial charge in [-0.1, -0.05) is 43.7 Å². The van der Waals surface area contributed by atoms with Crippen LogP contribution in [0.3, 0.4) is 0 Å². The van der Waals surface area contributed by atoms with Crippen molar-refractivity contribution in [3.8, 4) is 0 Å². The van der Waals surface area contributed by atoms with E-state index in [1.807, 2.05) is 19.0 Å². The number of nitrogens with one attached hydrogen (secondary N) is 1. The molecule has 1 rings (SSSR count). The van der Waals surface area contributed by atoms with Gasteiger partial charge < -0.3 is 15.1 Å². The highest BCUT2D eigenvalue weighted by Crippen LogP contribution is 2.18. The van der Waals surface area contributed by atoms with E-state index in [4.69, 9.17) is 0 Å². The summed E-state index contributed by atoms with van der Waals surface area (Å²) in [5.74, 6) is 0.177. The maximum Gasteiger partial charge on any atom is 0.222 e. The van der Waals surface area contributed by atoms with E-state index in [-0.39, 0.29) is 17.9 Å². The van der Waals surface area contributed by atoms with Gasteiger partial charge in [-0.25, -0.2) is 0 Å². The summed E-state index contributed by atoms with van der Waals surface area (Å²) >= 11 is 0. The number of nitrogens with zero attached hydrogens (tertiary/aromatic N) is 2. The van der Waals surface area contributed by atoms with Crippen LogP contribution in [0, 0.1) is 6.92 Å². The number of rotatable bonds is 12. The van der Waals surface area contributed by atoms with Crippen molar-refractivity contribution >= 4 is 11.8 Å². The molecular weight excluding hydrogens is 338 g/mol. The highest BCUT2D eigenvalue weighted by Gasteiger charge is 2.16. The Balaban J connectivity index is 2.42. The first-order chi connectivity index (χ1) is 12.9. The van der Waals surface area contributed by atoms with E-state index >= 15 is 0 Å². The second-order valence-corrected chi connectivity index (χ2v) is 7.43. The average molecular weight is 376 g/mol. The summed E-state index contributed by atoms with van der Waals surface area (Å²) < 4.78 is 0. The average Bonchev–Trinajstić information content (AvgIpc) is 2.62. The smallest absolute Gasteiger partial charge is 0.222 e. The van der Waals surface area contributed by atoms with E-state index in [0.717, 1.165) is 25.9 Å². The van der Waals surface area contributed by atoms with Crippen molar-refractivity contribution in [1.82, 2.24) is 15.1 Å². The van der Waals surface area contributed by atoms with E-state index in [1.54, 1.807) is 0 Å². The molecule has 0 saturated carbocycles. The van der Waals surface area contributed by atoms with Crippen molar-refractivity contribution in [3.63, 3.8) is 0 Å². The zero-order valence-electron chi connectivity index (χ0n) is 17.8. The molecule has 0 saturated heterocycles. The molecule has 152 valence electrons. The zero-order chi connectivity index (χ0) is 20.2. The van der Waals surface area contributed by atoms with Gasteiger partial charge in [0.1, 0.15) is 0 Å². The predicted octanol–water partition coefficient (Wildman–Crippen LogP) is 3.53. The highest BCUT2D eigenvalue weighted by atomic mass is 16.2. The van der Waals surface area contributed by atoms with Crippen molar-refractivity contribution in [3.05, 3.63) is 35.4 Å². The van der Waals surface area contributed by atoms with Crippen molar-refractivity contribution in [2.75, 3.05) is 33.7 Å². The van der Waals surface area contributed by atoms with Crippen LogP contribution in [0.1, 0.15) is 63.1 Å². The first-order valence-corrected chi connectivity index (χ1v) is 10.2. The van der Waals surface area contributed by atoms with Gasteiger partial charge in [0.2, 0.25) is 11.8 Å². The van der Waals surface area contributed by atoms with E-state index in [9.17, 15) is 9.59 Å². The molecule has 0 spiro atoms. The van der Waals surface area contributed by atoms with E-state index in [1.165, 1.54) is 11.1 Å². The largest absolute Gasteiger partial charge is 0.354 e. The van der Waals surface area contributed by atoms with E-state index in [2.05, 4.69) is 55.3 Å². The molecular formula is C22H37N3O2. The molecule has 1 aromatic rings. The van der Waals surface area contributed by atoms with E-state index < -0.39 is 0 Å². The SMILES string of the molecule is CCCN(CCC)C(=O)CCCC(=O)NCC(c1ccc(C)cc1)N(C)C. The Hall–Kier alpha value is -1.88. The molecule has 1 atom stereocenters. The Morgan fingerprint density at radius 3 is 2.11 bits per heavy atom. The maximum atomic E-state index is 12.3. The number of hydrogen-bond acceptors (Lipinski definition) is 3. The third-order valence-corrected chi connectivity index (χ3v) is 4.71. The maximum absolute atomic E-state index is 12.3. The van der Waals surface area contributed by atoms with Crippen LogP contribution in [-0.4, -0.2) is 55.3 Å². The molecule has 2 amide bonds.